The van der Waals surface area contributed by atoms with E-state index >= 15 is 0 Å². The van der Waals surface area contributed by atoms with E-state index < -0.39 is 10.0 Å². The lowest BCUT2D eigenvalue weighted by Crippen LogP contribution is -2.18. The van der Waals surface area contributed by atoms with E-state index in [4.69, 9.17) is 11.6 Å². The smallest absolute Gasteiger partial charge is 0.210 e. The predicted octanol–water partition coefficient (Wildman–Crippen LogP) is 1.72. The summed E-state index contributed by atoms with van der Waals surface area (Å²) in [5.41, 5.74) is 0.601. The Morgan fingerprint density at radius 2 is 2.08 bits per heavy atom. The van der Waals surface area contributed by atoms with Crippen LogP contribution in [0.25, 0.3) is 0 Å². The molecule has 1 aromatic rings. The van der Waals surface area contributed by atoms with Gasteiger partial charge in [-0.1, -0.05) is 23.7 Å². The first kappa shape index (κ1) is 10.5. The fourth-order valence-corrected chi connectivity index (χ4v) is 2.52. The second-order valence-electron chi connectivity index (χ2n) is 2.53. The van der Waals surface area contributed by atoms with Gasteiger partial charge in [0.2, 0.25) is 10.0 Å². The summed E-state index contributed by atoms with van der Waals surface area (Å²) < 4.78 is 24.7. The Hall–Kier alpha value is -0.580. The molecule has 1 aromatic carbocycles. The van der Waals surface area contributed by atoms with Crippen molar-refractivity contribution in [3.63, 3.8) is 0 Å². The van der Waals surface area contributed by atoms with Crippen molar-refractivity contribution in [3.05, 3.63) is 35.8 Å². The van der Waals surface area contributed by atoms with Crippen molar-refractivity contribution in [2.45, 2.75) is 11.8 Å². The summed E-state index contributed by atoms with van der Waals surface area (Å²) in [5, 5.41) is 0.205. The molecule has 71 valence electrons. The van der Waals surface area contributed by atoms with Gasteiger partial charge in [0, 0.05) is 7.05 Å². The average molecular weight is 219 g/mol. The first-order valence-corrected chi connectivity index (χ1v) is 5.39. The zero-order chi connectivity index (χ0) is 10.1. The molecule has 0 bridgehead atoms. The van der Waals surface area contributed by atoms with E-state index in [2.05, 4.69) is 7.05 Å². The zero-order valence-corrected chi connectivity index (χ0v) is 8.61. The minimum Gasteiger partial charge on any atom is -0.210 e. The molecule has 1 radical (unpaired) electrons. The highest BCUT2D eigenvalue weighted by Gasteiger charge is 2.17. The maximum atomic E-state index is 11.4. The van der Waals surface area contributed by atoms with Gasteiger partial charge < -0.3 is 0 Å². The molecule has 0 aliphatic heterocycles. The lowest BCUT2D eigenvalue weighted by atomic mass is 10.2. The fourth-order valence-electron chi connectivity index (χ4n) is 1.03. The van der Waals surface area contributed by atoms with Gasteiger partial charge in [-0.25, -0.2) is 13.1 Å². The number of hydrogen-bond acceptors (Lipinski definition) is 2. The molecule has 3 nitrogen and oxygen atoms in total. The summed E-state index contributed by atoms with van der Waals surface area (Å²) >= 11 is 5.75. The van der Waals surface area contributed by atoms with Crippen molar-refractivity contribution >= 4 is 21.6 Å². The van der Waals surface area contributed by atoms with Crippen molar-refractivity contribution in [2.75, 3.05) is 0 Å². The lowest BCUT2D eigenvalue weighted by Gasteiger charge is -2.07. The second-order valence-corrected chi connectivity index (χ2v) is 4.64. The van der Waals surface area contributed by atoms with E-state index in [1.54, 1.807) is 19.1 Å². The van der Waals surface area contributed by atoms with Crippen molar-refractivity contribution in [1.82, 2.24) is 4.72 Å². The van der Waals surface area contributed by atoms with Crippen LogP contribution in [0.1, 0.15) is 5.56 Å². The third-order valence-electron chi connectivity index (χ3n) is 1.62. The molecule has 0 atom stereocenters. The first-order valence-electron chi connectivity index (χ1n) is 3.53. The highest BCUT2D eigenvalue weighted by atomic mass is 35.5. The number of rotatable bonds is 2. The number of aryl methyl sites for hydroxylation is 1. The Balaban J connectivity index is 3.46. The van der Waals surface area contributed by atoms with Gasteiger partial charge in [-0.2, -0.15) is 0 Å². The third-order valence-corrected chi connectivity index (χ3v) is 3.51. The van der Waals surface area contributed by atoms with Crippen LogP contribution in [0.15, 0.2) is 23.1 Å². The van der Waals surface area contributed by atoms with Gasteiger partial charge in [0.15, 0.2) is 0 Å². The van der Waals surface area contributed by atoms with E-state index in [0.717, 1.165) is 0 Å². The summed E-state index contributed by atoms with van der Waals surface area (Å²) in [6.07, 6.45) is 0. The van der Waals surface area contributed by atoms with E-state index in [1.807, 2.05) is 4.72 Å². The molecule has 5 heteroatoms. The molecule has 1 N–H and O–H groups in total. The summed E-state index contributed by atoms with van der Waals surface area (Å²) in [4.78, 5) is 0.0895. The zero-order valence-electron chi connectivity index (χ0n) is 7.04. The lowest BCUT2D eigenvalue weighted by molar-refractivity contribution is 0.590. The van der Waals surface area contributed by atoms with Gasteiger partial charge in [0.05, 0.1) is 5.02 Å². The molecule has 0 fully saturated rings. The number of sulfonamides is 1. The second kappa shape index (κ2) is 3.65. The largest absolute Gasteiger partial charge is 0.242 e. The van der Waals surface area contributed by atoms with Crippen molar-refractivity contribution in [1.29, 1.82) is 0 Å². The Labute approximate surface area is 82.8 Å². The van der Waals surface area contributed by atoms with Crippen molar-refractivity contribution in [3.8, 4) is 0 Å². The molecule has 0 saturated carbocycles. The fraction of sp³-hybridized carbons (Fsp3) is 0.125. The maximum absolute atomic E-state index is 11.4. The van der Waals surface area contributed by atoms with Gasteiger partial charge in [0.25, 0.3) is 0 Å². The quantitative estimate of drug-likeness (QED) is 0.822. The van der Waals surface area contributed by atoms with Crippen LogP contribution in [0.4, 0.5) is 0 Å². The highest BCUT2D eigenvalue weighted by Crippen LogP contribution is 2.23. The third kappa shape index (κ3) is 2.02. The van der Waals surface area contributed by atoms with Crippen LogP contribution in [0, 0.1) is 14.0 Å². The normalized spacial score (nSPS) is 11.6. The molecule has 0 aliphatic carbocycles. The van der Waals surface area contributed by atoms with Gasteiger partial charge in [-0.3, -0.25) is 0 Å². The van der Waals surface area contributed by atoms with Crippen LogP contribution in [-0.2, 0) is 10.0 Å². The van der Waals surface area contributed by atoms with Gasteiger partial charge >= 0.3 is 0 Å². The maximum Gasteiger partial charge on any atom is 0.242 e. The van der Waals surface area contributed by atoms with Crippen LogP contribution in [0.3, 0.4) is 0 Å². The average Bonchev–Trinajstić information content (AvgIpc) is 2.03. The Morgan fingerprint density at radius 3 is 2.54 bits per heavy atom. The molecular weight excluding hydrogens is 210 g/mol. The number of halogens is 1. The standard InChI is InChI=1S/C8H9ClNO2S/c1-6-4-3-5-7(9)8(6)13(11,12)10-2/h3-5,10H,2H2,1H3. The molecule has 0 aromatic heterocycles. The number of benzene rings is 1. The van der Waals surface area contributed by atoms with Gasteiger partial charge in [-0.05, 0) is 18.6 Å². The minimum atomic E-state index is -3.55. The first-order chi connectivity index (χ1) is 5.99. The van der Waals surface area contributed by atoms with E-state index in [-0.39, 0.29) is 9.92 Å². The predicted molar refractivity (Wildman–Crippen MR) is 51.9 cm³/mol. The minimum absolute atomic E-state index is 0.0895. The molecule has 0 saturated heterocycles. The SMILES string of the molecule is [CH2]NS(=O)(=O)c1c(C)cccc1Cl. The van der Waals surface area contributed by atoms with Gasteiger partial charge in [-0.15, -0.1) is 0 Å². The monoisotopic (exact) mass is 218 g/mol. The highest BCUT2D eigenvalue weighted by molar-refractivity contribution is 7.89. The van der Waals surface area contributed by atoms with Crippen LogP contribution in [0.2, 0.25) is 5.02 Å². The van der Waals surface area contributed by atoms with E-state index in [1.165, 1.54) is 6.07 Å². The van der Waals surface area contributed by atoms with Crippen LogP contribution in [0.5, 0.6) is 0 Å². The topological polar surface area (TPSA) is 46.2 Å². The number of nitrogens with one attached hydrogen (secondary N) is 1. The molecular formula is C8H9ClNO2S. The molecule has 0 spiro atoms. The molecule has 1 rings (SSSR count). The molecule has 0 heterocycles. The Kier molecular flexibility index (Phi) is 2.95. The van der Waals surface area contributed by atoms with Crippen LogP contribution >= 0.6 is 11.6 Å². The Morgan fingerprint density at radius 1 is 1.46 bits per heavy atom. The summed E-state index contributed by atoms with van der Waals surface area (Å²) in [5.74, 6) is 0. The number of hydrogen-bond donors (Lipinski definition) is 1. The van der Waals surface area contributed by atoms with Crippen molar-refractivity contribution < 1.29 is 8.42 Å². The molecule has 0 unspecified atom stereocenters. The molecule has 0 amide bonds. The molecule has 0 aliphatic rings. The molecule has 13 heavy (non-hydrogen) atoms. The van der Waals surface area contributed by atoms with Crippen LogP contribution < -0.4 is 4.72 Å². The van der Waals surface area contributed by atoms with Crippen molar-refractivity contribution in [2.24, 2.45) is 0 Å². The summed E-state index contributed by atoms with van der Waals surface area (Å²) in [6, 6.07) is 4.90. The summed E-state index contributed by atoms with van der Waals surface area (Å²) in [6.45, 7) is 1.68. The van der Waals surface area contributed by atoms with E-state index in [9.17, 15) is 8.42 Å². The van der Waals surface area contributed by atoms with E-state index in [0.29, 0.717) is 5.56 Å². The Bertz CT molecular complexity index is 394. The van der Waals surface area contributed by atoms with Crippen LogP contribution in [-0.4, -0.2) is 8.42 Å². The van der Waals surface area contributed by atoms with Gasteiger partial charge in [0.1, 0.15) is 4.90 Å². The summed E-state index contributed by atoms with van der Waals surface area (Å²) in [7, 11) is -0.433.